The van der Waals surface area contributed by atoms with Crippen LogP contribution in [0.4, 0.5) is 0 Å². The van der Waals surface area contributed by atoms with E-state index < -0.39 is 0 Å². The first-order valence-electron chi connectivity index (χ1n) is 7.79. The van der Waals surface area contributed by atoms with Crippen molar-refractivity contribution in [2.45, 2.75) is 25.8 Å². The van der Waals surface area contributed by atoms with Crippen LogP contribution in [-0.4, -0.2) is 42.1 Å². The third-order valence-corrected chi connectivity index (χ3v) is 4.65. The molecule has 2 heterocycles. The number of hydrogen-bond donors (Lipinski definition) is 1. The van der Waals surface area contributed by atoms with Gasteiger partial charge in [-0.05, 0) is 32.9 Å². The van der Waals surface area contributed by atoms with Gasteiger partial charge in [0, 0.05) is 24.7 Å². The first-order chi connectivity index (χ1) is 11.1. The van der Waals surface area contributed by atoms with Crippen molar-refractivity contribution < 1.29 is 9.32 Å². The predicted octanol–water partition coefficient (Wildman–Crippen LogP) is 3.13. The molecule has 1 saturated heterocycles. The number of amides is 1. The number of aromatic nitrogens is 1. The minimum absolute atomic E-state index is 0.0429. The van der Waals surface area contributed by atoms with Crippen molar-refractivity contribution in [1.82, 2.24) is 15.4 Å². The van der Waals surface area contributed by atoms with E-state index >= 15 is 0 Å². The van der Waals surface area contributed by atoms with Crippen molar-refractivity contribution in [3.8, 4) is 11.3 Å². The number of aryl methyl sites for hydroxylation is 1. The average Bonchev–Trinajstić information content (AvgIpc) is 2.96. The van der Waals surface area contributed by atoms with Crippen molar-refractivity contribution in [3.63, 3.8) is 0 Å². The van der Waals surface area contributed by atoms with Crippen molar-refractivity contribution in [1.29, 1.82) is 0 Å². The number of nitrogens with one attached hydrogen (secondary N) is 1. The van der Waals surface area contributed by atoms with E-state index in [1.165, 1.54) is 0 Å². The van der Waals surface area contributed by atoms with Gasteiger partial charge in [0.15, 0.2) is 0 Å². The Kier molecular flexibility index (Phi) is 4.68. The van der Waals surface area contributed by atoms with E-state index in [2.05, 4.69) is 10.5 Å². The number of nitrogens with zero attached hydrogens (tertiary/aromatic N) is 2. The number of halogens is 1. The summed E-state index contributed by atoms with van der Waals surface area (Å²) in [6, 6.07) is 7.69. The minimum atomic E-state index is -0.0429. The van der Waals surface area contributed by atoms with Crippen LogP contribution in [0.3, 0.4) is 0 Å². The molecular formula is C17H20ClN3O2. The fraction of sp³-hybridized carbons (Fsp3) is 0.412. The highest BCUT2D eigenvalue weighted by atomic mass is 35.5. The van der Waals surface area contributed by atoms with Crippen molar-refractivity contribution in [2.75, 3.05) is 20.1 Å². The molecule has 1 N–H and O–H groups in total. The molecule has 1 aliphatic rings. The molecule has 0 spiro atoms. The van der Waals surface area contributed by atoms with Gasteiger partial charge in [-0.25, -0.2) is 0 Å². The maximum atomic E-state index is 13.0. The minimum Gasteiger partial charge on any atom is -0.360 e. The molecule has 1 aromatic carbocycles. The second-order valence-corrected chi connectivity index (χ2v) is 6.23. The molecule has 1 amide bonds. The number of likely N-dealkylation sites (N-methyl/N-ethyl adjacent to an activating group) is 1. The largest absolute Gasteiger partial charge is 0.360 e. The smallest absolute Gasteiger partial charge is 0.259 e. The Hall–Kier alpha value is -1.85. The first-order valence-corrected chi connectivity index (χ1v) is 8.17. The molecule has 1 aromatic heterocycles. The zero-order chi connectivity index (χ0) is 16.4. The molecule has 1 unspecified atom stereocenters. The van der Waals surface area contributed by atoms with Gasteiger partial charge in [0.05, 0.1) is 5.02 Å². The second kappa shape index (κ2) is 6.72. The topological polar surface area (TPSA) is 58.4 Å². The average molecular weight is 334 g/mol. The summed E-state index contributed by atoms with van der Waals surface area (Å²) in [5.41, 5.74) is 1.75. The SMILES string of the molecule is CNC1CCCN(C(=O)c2c(-c3ccccc3Cl)noc2C)C1. The molecular weight excluding hydrogens is 314 g/mol. The second-order valence-electron chi connectivity index (χ2n) is 5.82. The number of carbonyl (C=O) groups excluding carboxylic acids is 1. The Labute approximate surface area is 140 Å². The van der Waals surface area contributed by atoms with Gasteiger partial charge in [-0.3, -0.25) is 4.79 Å². The van der Waals surface area contributed by atoms with Crippen LogP contribution >= 0.6 is 11.6 Å². The summed E-state index contributed by atoms with van der Waals surface area (Å²) < 4.78 is 5.30. The Balaban J connectivity index is 1.95. The van der Waals surface area contributed by atoms with Crippen LogP contribution in [0.15, 0.2) is 28.8 Å². The van der Waals surface area contributed by atoms with Crippen molar-refractivity contribution in [3.05, 3.63) is 40.6 Å². The van der Waals surface area contributed by atoms with Gasteiger partial charge < -0.3 is 14.7 Å². The van der Waals surface area contributed by atoms with E-state index in [0.717, 1.165) is 24.9 Å². The lowest BCUT2D eigenvalue weighted by Crippen LogP contribution is -2.47. The molecule has 1 aliphatic heterocycles. The first kappa shape index (κ1) is 16.0. The normalized spacial score (nSPS) is 18.2. The van der Waals surface area contributed by atoms with E-state index in [1.54, 1.807) is 13.0 Å². The van der Waals surface area contributed by atoms with Gasteiger partial charge in [-0.1, -0.05) is 35.0 Å². The Morgan fingerprint density at radius 3 is 2.96 bits per heavy atom. The van der Waals surface area contributed by atoms with E-state index in [1.807, 2.05) is 30.1 Å². The molecule has 0 bridgehead atoms. The number of rotatable bonds is 3. The third-order valence-electron chi connectivity index (χ3n) is 4.32. The van der Waals surface area contributed by atoms with Crippen LogP contribution in [0.1, 0.15) is 29.0 Å². The summed E-state index contributed by atoms with van der Waals surface area (Å²) in [5, 5.41) is 7.89. The highest BCUT2D eigenvalue weighted by molar-refractivity contribution is 6.33. The van der Waals surface area contributed by atoms with Gasteiger partial charge in [-0.2, -0.15) is 0 Å². The molecule has 0 aliphatic carbocycles. The summed E-state index contributed by atoms with van der Waals surface area (Å²) >= 11 is 6.26. The summed E-state index contributed by atoms with van der Waals surface area (Å²) in [5.74, 6) is 0.482. The van der Waals surface area contributed by atoms with Crippen LogP contribution in [0.5, 0.6) is 0 Å². The lowest BCUT2D eigenvalue weighted by molar-refractivity contribution is 0.0697. The number of carbonyl (C=O) groups is 1. The monoisotopic (exact) mass is 333 g/mol. The van der Waals surface area contributed by atoms with Gasteiger partial charge in [0.2, 0.25) is 0 Å². The molecule has 2 aromatic rings. The molecule has 6 heteroatoms. The molecule has 3 rings (SSSR count). The molecule has 1 atom stereocenters. The quantitative estimate of drug-likeness (QED) is 0.937. The summed E-state index contributed by atoms with van der Waals surface area (Å²) in [6.07, 6.45) is 2.07. The summed E-state index contributed by atoms with van der Waals surface area (Å²) in [6.45, 7) is 3.21. The summed E-state index contributed by atoms with van der Waals surface area (Å²) in [4.78, 5) is 14.9. The van der Waals surface area contributed by atoms with Crippen LogP contribution < -0.4 is 5.32 Å². The van der Waals surface area contributed by atoms with Gasteiger partial charge in [0.25, 0.3) is 5.91 Å². The lowest BCUT2D eigenvalue weighted by atomic mass is 10.0. The maximum Gasteiger partial charge on any atom is 0.259 e. The molecule has 0 saturated carbocycles. The Bertz CT molecular complexity index is 714. The number of hydrogen-bond acceptors (Lipinski definition) is 4. The highest BCUT2D eigenvalue weighted by Crippen LogP contribution is 2.32. The highest BCUT2D eigenvalue weighted by Gasteiger charge is 2.29. The van der Waals surface area contributed by atoms with Gasteiger partial charge in [-0.15, -0.1) is 0 Å². The number of piperidine rings is 1. The Morgan fingerprint density at radius 2 is 2.22 bits per heavy atom. The number of benzene rings is 1. The van der Waals surface area contributed by atoms with E-state index in [9.17, 15) is 4.79 Å². The molecule has 23 heavy (non-hydrogen) atoms. The Morgan fingerprint density at radius 1 is 1.43 bits per heavy atom. The molecule has 5 nitrogen and oxygen atoms in total. The van der Waals surface area contributed by atoms with Gasteiger partial charge >= 0.3 is 0 Å². The standard InChI is InChI=1S/C17H20ClN3O2/c1-11-15(17(22)21-9-5-6-12(10-21)19-2)16(20-23-11)13-7-3-4-8-14(13)18/h3-4,7-8,12,19H,5-6,9-10H2,1-2H3. The van der Waals surface area contributed by atoms with Crippen molar-refractivity contribution >= 4 is 17.5 Å². The van der Waals surface area contributed by atoms with Gasteiger partial charge in [0.1, 0.15) is 17.0 Å². The molecule has 1 fully saturated rings. The maximum absolute atomic E-state index is 13.0. The van der Waals surface area contributed by atoms with E-state index in [4.69, 9.17) is 16.1 Å². The molecule has 122 valence electrons. The van der Waals surface area contributed by atoms with Crippen LogP contribution in [0, 0.1) is 6.92 Å². The van der Waals surface area contributed by atoms with E-state index in [0.29, 0.717) is 34.6 Å². The molecule has 0 radical (unpaired) electrons. The van der Waals surface area contributed by atoms with Crippen LogP contribution in [0.25, 0.3) is 11.3 Å². The van der Waals surface area contributed by atoms with Crippen molar-refractivity contribution in [2.24, 2.45) is 0 Å². The van der Waals surface area contributed by atoms with Crippen LogP contribution in [0.2, 0.25) is 5.02 Å². The third kappa shape index (κ3) is 3.12. The lowest BCUT2D eigenvalue weighted by Gasteiger charge is -2.32. The summed E-state index contributed by atoms with van der Waals surface area (Å²) in [7, 11) is 1.93. The fourth-order valence-electron chi connectivity index (χ4n) is 3.02. The number of likely N-dealkylation sites (tertiary alicyclic amines) is 1. The zero-order valence-electron chi connectivity index (χ0n) is 13.3. The van der Waals surface area contributed by atoms with Crippen LogP contribution in [-0.2, 0) is 0 Å². The van der Waals surface area contributed by atoms with E-state index in [-0.39, 0.29) is 5.91 Å². The zero-order valence-corrected chi connectivity index (χ0v) is 14.1. The fourth-order valence-corrected chi connectivity index (χ4v) is 3.24. The predicted molar refractivity (Wildman–Crippen MR) is 89.7 cm³/mol.